The van der Waals surface area contributed by atoms with Gasteiger partial charge in [-0.1, -0.05) is 49.4 Å². The third kappa shape index (κ3) is 5.19. The second kappa shape index (κ2) is 10.3. The van der Waals surface area contributed by atoms with Crippen molar-refractivity contribution in [1.82, 2.24) is 29.3 Å². The highest BCUT2D eigenvalue weighted by molar-refractivity contribution is 7.23. The zero-order valence-electron chi connectivity index (χ0n) is 24.3. The highest BCUT2D eigenvalue weighted by Gasteiger charge is 2.52. The van der Waals surface area contributed by atoms with Crippen LogP contribution in [0.5, 0.6) is 5.88 Å². The number of ether oxygens (including phenoxy) is 1. The van der Waals surface area contributed by atoms with Gasteiger partial charge in [0.05, 0.1) is 17.3 Å². The Labute approximate surface area is 251 Å². The fourth-order valence-corrected chi connectivity index (χ4v) is 6.48. The molecular formula is C30H32N8O4S. The number of benzene rings is 1. The van der Waals surface area contributed by atoms with E-state index in [1.54, 1.807) is 13.0 Å². The first-order chi connectivity index (χ1) is 20.6. The van der Waals surface area contributed by atoms with Gasteiger partial charge in [0.15, 0.2) is 10.8 Å². The molecule has 12 nitrogen and oxygen atoms in total. The molecule has 222 valence electrons. The fraction of sp³-hybridized carbons (Fsp3) is 0.367. The quantitative estimate of drug-likeness (QED) is 0.272. The number of rotatable bonds is 7. The number of hydrogen-bond donors (Lipinski definition) is 2. The van der Waals surface area contributed by atoms with Gasteiger partial charge in [-0.3, -0.25) is 19.4 Å². The molecule has 0 radical (unpaired) electrons. The lowest BCUT2D eigenvalue weighted by Crippen LogP contribution is -2.79. The minimum absolute atomic E-state index is 0.163. The average molecular weight is 601 g/mol. The number of nitrogens with zero attached hydrogens (tertiary/aromatic N) is 6. The summed E-state index contributed by atoms with van der Waals surface area (Å²) in [4.78, 5) is 39.5. The largest absolute Gasteiger partial charge is 0.476 e. The number of anilines is 2. The van der Waals surface area contributed by atoms with Crippen molar-refractivity contribution in [2.24, 2.45) is 0 Å². The summed E-state index contributed by atoms with van der Waals surface area (Å²) in [6.07, 6.45) is 1.99. The first-order valence-corrected chi connectivity index (χ1v) is 15.0. The van der Waals surface area contributed by atoms with E-state index in [4.69, 9.17) is 19.2 Å². The number of carbonyl (C=O) groups excluding carboxylic acids is 2. The van der Waals surface area contributed by atoms with Crippen LogP contribution in [0.4, 0.5) is 16.3 Å². The molecule has 2 atom stereocenters. The SMILES string of the molecule is CC(=O)N1CC2[C@H]1CN2CCOc1ccc2c(n1)sc1nc(-c3ccc(NC(=O)Nc4cc(C(C)(C)C)on4)cc3)cn12. The van der Waals surface area contributed by atoms with E-state index >= 15 is 0 Å². The minimum Gasteiger partial charge on any atom is -0.476 e. The zero-order chi connectivity index (χ0) is 29.9. The van der Waals surface area contributed by atoms with E-state index in [1.807, 2.05) is 72.7 Å². The van der Waals surface area contributed by atoms with Gasteiger partial charge >= 0.3 is 6.03 Å². The summed E-state index contributed by atoms with van der Waals surface area (Å²) in [5.41, 5.74) is 3.17. The number of imidazole rings is 1. The monoisotopic (exact) mass is 600 g/mol. The standard InChI is InChI=1S/C30H32N8O4S/c1-17(39)37-16-22-23(37)15-36(22)11-12-41-26-10-9-21-27(34-26)43-29-32-20(14-38(21)29)18-5-7-19(8-6-18)31-28(40)33-25-13-24(42-35-25)30(2,3)4/h5-10,13-14,22-23H,11-12,15-16H2,1-4H3,(H2,31,33,35,40)/t22?,23-/m1/s1. The topological polar surface area (TPSA) is 130 Å². The molecule has 5 aromatic rings. The first kappa shape index (κ1) is 27.3. The molecule has 1 unspecified atom stereocenters. The van der Waals surface area contributed by atoms with Crippen LogP contribution in [0, 0.1) is 0 Å². The number of nitrogens with one attached hydrogen (secondary N) is 2. The second-order valence-electron chi connectivity index (χ2n) is 12.0. The van der Waals surface area contributed by atoms with Gasteiger partial charge in [0.25, 0.3) is 0 Å². The maximum absolute atomic E-state index is 12.4. The number of piperazine rings is 1. The lowest BCUT2D eigenvalue weighted by molar-refractivity contribution is -0.163. The van der Waals surface area contributed by atoms with Crippen molar-refractivity contribution in [1.29, 1.82) is 0 Å². The van der Waals surface area contributed by atoms with Crippen LogP contribution in [0.2, 0.25) is 0 Å². The van der Waals surface area contributed by atoms with E-state index in [9.17, 15) is 9.59 Å². The molecule has 2 saturated heterocycles. The summed E-state index contributed by atoms with van der Waals surface area (Å²) in [6.45, 7) is 10.8. The van der Waals surface area contributed by atoms with Crippen molar-refractivity contribution in [2.75, 3.05) is 36.9 Å². The number of hydrogen-bond acceptors (Lipinski definition) is 9. The molecule has 2 aliphatic heterocycles. The molecule has 2 aliphatic rings. The Balaban J connectivity index is 0.950. The number of aromatic nitrogens is 4. The third-order valence-electron chi connectivity index (χ3n) is 8.02. The van der Waals surface area contributed by atoms with Crippen molar-refractivity contribution in [3.8, 4) is 17.1 Å². The van der Waals surface area contributed by atoms with Crippen LogP contribution in [0.1, 0.15) is 33.5 Å². The lowest BCUT2D eigenvalue weighted by Gasteiger charge is -2.61. The van der Waals surface area contributed by atoms with E-state index in [2.05, 4.69) is 20.7 Å². The molecule has 6 heterocycles. The Morgan fingerprint density at radius 2 is 1.88 bits per heavy atom. The highest BCUT2D eigenvalue weighted by Crippen LogP contribution is 2.33. The minimum atomic E-state index is -0.403. The summed E-state index contributed by atoms with van der Waals surface area (Å²) in [5, 5.41) is 9.43. The van der Waals surface area contributed by atoms with Crippen LogP contribution in [-0.4, -0.2) is 79.6 Å². The predicted molar refractivity (Wildman–Crippen MR) is 164 cm³/mol. The van der Waals surface area contributed by atoms with Crippen LogP contribution in [0.15, 0.2) is 53.2 Å². The van der Waals surface area contributed by atoms with Crippen molar-refractivity contribution < 1.29 is 18.8 Å². The number of urea groups is 1. The molecule has 43 heavy (non-hydrogen) atoms. The molecule has 0 spiro atoms. The van der Waals surface area contributed by atoms with E-state index < -0.39 is 6.03 Å². The van der Waals surface area contributed by atoms with Crippen molar-refractivity contribution in [2.45, 2.75) is 45.2 Å². The van der Waals surface area contributed by atoms with Crippen LogP contribution in [0.3, 0.4) is 0 Å². The number of amides is 3. The molecular weight excluding hydrogens is 568 g/mol. The molecule has 13 heteroatoms. The molecule has 0 bridgehead atoms. The summed E-state index contributed by atoms with van der Waals surface area (Å²) < 4.78 is 13.3. The Hall–Kier alpha value is -4.49. The van der Waals surface area contributed by atoms with Crippen LogP contribution in [-0.2, 0) is 10.2 Å². The van der Waals surface area contributed by atoms with E-state index in [0.717, 1.165) is 46.2 Å². The van der Waals surface area contributed by atoms with Gasteiger partial charge < -0.3 is 19.5 Å². The highest BCUT2D eigenvalue weighted by atomic mass is 32.1. The maximum Gasteiger partial charge on any atom is 0.324 e. The molecule has 0 aliphatic carbocycles. The van der Waals surface area contributed by atoms with Crippen molar-refractivity contribution in [3.05, 3.63) is 54.4 Å². The Bertz CT molecular complexity index is 1840. The van der Waals surface area contributed by atoms with Gasteiger partial charge in [-0.2, -0.15) is 0 Å². The Morgan fingerprint density at radius 1 is 1.07 bits per heavy atom. The summed E-state index contributed by atoms with van der Waals surface area (Å²) in [5.74, 6) is 1.81. The summed E-state index contributed by atoms with van der Waals surface area (Å²) in [6, 6.07) is 13.6. The molecule has 4 aromatic heterocycles. The lowest BCUT2D eigenvalue weighted by atomic mass is 9.85. The Morgan fingerprint density at radius 3 is 2.58 bits per heavy atom. The van der Waals surface area contributed by atoms with E-state index in [-0.39, 0.29) is 11.3 Å². The average Bonchev–Trinajstić information content (AvgIpc) is 3.66. The van der Waals surface area contributed by atoms with Gasteiger partial charge in [0.2, 0.25) is 11.8 Å². The van der Waals surface area contributed by atoms with Gasteiger partial charge in [-0.15, -0.1) is 0 Å². The number of thiazole rings is 1. The van der Waals surface area contributed by atoms with Crippen molar-refractivity contribution in [3.63, 3.8) is 0 Å². The zero-order valence-corrected chi connectivity index (χ0v) is 25.1. The number of carbonyl (C=O) groups is 2. The van der Waals surface area contributed by atoms with E-state index in [1.165, 1.54) is 11.3 Å². The first-order valence-electron chi connectivity index (χ1n) is 14.2. The molecule has 1 aromatic carbocycles. The molecule has 2 fully saturated rings. The van der Waals surface area contributed by atoms with Gasteiger partial charge in [-0.05, 0) is 18.2 Å². The molecule has 2 N–H and O–H groups in total. The number of fused-ring (bicyclic) bond motifs is 4. The number of likely N-dealkylation sites (tertiary alicyclic amines) is 2. The summed E-state index contributed by atoms with van der Waals surface area (Å²) >= 11 is 1.51. The maximum atomic E-state index is 12.4. The number of pyridine rings is 1. The molecule has 3 amide bonds. The fourth-order valence-electron chi connectivity index (χ4n) is 5.51. The predicted octanol–water partition coefficient (Wildman–Crippen LogP) is 4.83. The second-order valence-corrected chi connectivity index (χ2v) is 12.9. The van der Waals surface area contributed by atoms with Gasteiger partial charge in [0.1, 0.15) is 17.2 Å². The van der Waals surface area contributed by atoms with Crippen molar-refractivity contribution >= 4 is 50.1 Å². The molecule has 0 saturated carbocycles. The van der Waals surface area contributed by atoms with Crippen LogP contribution < -0.4 is 15.4 Å². The molecule has 7 rings (SSSR count). The summed E-state index contributed by atoms with van der Waals surface area (Å²) in [7, 11) is 0. The van der Waals surface area contributed by atoms with Crippen LogP contribution in [0.25, 0.3) is 26.6 Å². The van der Waals surface area contributed by atoms with Gasteiger partial charge in [0, 0.05) is 67.6 Å². The van der Waals surface area contributed by atoms with Gasteiger partial charge in [-0.25, -0.2) is 14.8 Å². The normalized spacial score (nSPS) is 18.3. The van der Waals surface area contributed by atoms with Crippen LogP contribution >= 0.6 is 11.3 Å². The van der Waals surface area contributed by atoms with E-state index in [0.29, 0.717) is 41.8 Å². The smallest absolute Gasteiger partial charge is 0.324 e. The third-order valence-corrected chi connectivity index (χ3v) is 8.98. The Kier molecular flexibility index (Phi) is 6.58.